The number of ketones is 1. The molecular weight excluding hydrogens is 252 g/mol. The predicted octanol–water partition coefficient (Wildman–Crippen LogP) is 2.33. The number of nitrogens with one attached hydrogen (secondary N) is 1. The van der Waals surface area contributed by atoms with Crippen molar-refractivity contribution in [2.75, 3.05) is 0 Å². The molecule has 1 rings (SSSR count). The fourth-order valence-electron chi connectivity index (χ4n) is 1.78. The largest absolute Gasteiger partial charge is 0.370 e. The minimum atomic E-state index is -0.376. The van der Waals surface area contributed by atoms with Gasteiger partial charge in [0.25, 0.3) is 0 Å². The summed E-state index contributed by atoms with van der Waals surface area (Å²) in [7, 11) is 0. The zero-order chi connectivity index (χ0) is 15.5. The summed E-state index contributed by atoms with van der Waals surface area (Å²) in [6.45, 7) is 8.18. The molecule has 1 aromatic carbocycles. The van der Waals surface area contributed by atoms with E-state index in [1.54, 1.807) is 0 Å². The van der Waals surface area contributed by atoms with Crippen LogP contribution in [0.15, 0.2) is 24.3 Å². The minimum Gasteiger partial charge on any atom is -0.370 e. The molecule has 112 valence electrons. The van der Waals surface area contributed by atoms with Gasteiger partial charge in [0.2, 0.25) is 5.91 Å². The van der Waals surface area contributed by atoms with Crippen molar-refractivity contribution in [2.45, 2.75) is 53.1 Å². The lowest BCUT2D eigenvalue weighted by Crippen LogP contribution is -2.36. The number of nitrogens with two attached hydrogens (primary N) is 1. The van der Waals surface area contributed by atoms with Crippen molar-refractivity contribution in [3.8, 4) is 0 Å². The van der Waals surface area contributed by atoms with Crippen LogP contribution in [0.5, 0.6) is 0 Å². The summed E-state index contributed by atoms with van der Waals surface area (Å²) < 4.78 is 0. The van der Waals surface area contributed by atoms with E-state index in [-0.39, 0.29) is 24.2 Å². The fourth-order valence-corrected chi connectivity index (χ4v) is 1.78. The number of aryl methyl sites for hydroxylation is 1. The summed E-state index contributed by atoms with van der Waals surface area (Å²) in [5.41, 5.74) is 7.43. The van der Waals surface area contributed by atoms with E-state index in [9.17, 15) is 9.59 Å². The number of rotatable bonds is 7. The van der Waals surface area contributed by atoms with Crippen LogP contribution in [0.25, 0.3) is 0 Å². The first-order valence-electron chi connectivity index (χ1n) is 7.07. The monoisotopic (exact) mass is 278 g/mol. The molecule has 0 bridgehead atoms. The molecule has 3 N–H and O–H groups in total. The Bertz CT molecular complexity index is 430. The van der Waals surface area contributed by atoms with Gasteiger partial charge in [-0.2, -0.15) is 0 Å². The molecular formula is C16H26N2O2. The summed E-state index contributed by atoms with van der Waals surface area (Å²) in [5, 5.41) is 3.17. The van der Waals surface area contributed by atoms with E-state index in [0.29, 0.717) is 13.0 Å². The van der Waals surface area contributed by atoms with Gasteiger partial charge >= 0.3 is 0 Å². The maximum Gasteiger partial charge on any atom is 0.217 e. The van der Waals surface area contributed by atoms with Crippen molar-refractivity contribution in [3.63, 3.8) is 0 Å². The van der Waals surface area contributed by atoms with Crippen molar-refractivity contribution in [1.29, 1.82) is 0 Å². The molecule has 0 saturated heterocycles. The highest BCUT2D eigenvalue weighted by Gasteiger charge is 2.14. The Labute approximate surface area is 121 Å². The van der Waals surface area contributed by atoms with Gasteiger partial charge in [0, 0.05) is 13.0 Å². The second kappa shape index (κ2) is 10.1. The number of carbonyl (C=O) groups excluding carboxylic acids is 2. The lowest BCUT2D eigenvalue weighted by Gasteiger charge is -2.16. The second-order valence-corrected chi connectivity index (χ2v) is 4.48. The van der Waals surface area contributed by atoms with Gasteiger partial charge in [-0.15, -0.1) is 0 Å². The van der Waals surface area contributed by atoms with Crippen LogP contribution >= 0.6 is 0 Å². The highest BCUT2D eigenvalue weighted by atomic mass is 16.1. The fraction of sp³-hybridized carbons (Fsp3) is 0.500. The van der Waals surface area contributed by atoms with E-state index in [4.69, 9.17) is 5.73 Å². The molecule has 0 aliphatic heterocycles. The Hall–Kier alpha value is -1.68. The smallest absolute Gasteiger partial charge is 0.217 e. The normalized spacial score (nSPS) is 11.2. The zero-order valence-electron chi connectivity index (χ0n) is 12.9. The molecule has 0 radical (unpaired) electrons. The maximum atomic E-state index is 11.4. The Kier molecular flexibility index (Phi) is 9.30. The number of carbonyl (C=O) groups is 2. The van der Waals surface area contributed by atoms with Crippen molar-refractivity contribution in [1.82, 2.24) is 5.32 Å². The number of benzene rings is 1. The van der Waals surface area contributed by atoms with Crippen molar-refractivity contribution >= 4 is 11.7 Å². The molecule has 0 fully saturated rings. The number of primary amides is 1. The molecule has 0 unspecified atom stereocenters. The average Bonchev–Trinajstić information content (AvgIpc) is 2.42. The third-order valence-electron chi connectivity index (χ3n) is 2.97. The Balaban J connectivity index is 0.00000172. The average molecular weight is 278 g/mol. The molecule has 4 nitrogen and oxygen atoms in total. The van der Waals surface area contributed by atoms with E-state index < -0.39 is 0 Å². The summed E-state index contributed by atoms with van der Waals surface area (Å²) in [6.07, 6.45) is 0.682. The Morgan fingerprint density at radius 1 is 1.25 bits per heavy atom. The van der Waals surface area contributed by atoms with Crippen LogP contribution in [-0.4, -0.2) is 17.7 Å². The van der Waals surface area contributed by atoms with Crippen molar-refractivity contribution < 1.29 is 9.59 Å². The van der Waals surface area contributed by atoms with Crippen LogP contribution < -0.4 is 11.1 Å². The molecule has 4 heteroatoms. The minimum absolute atomic E-state index is 0.0323. The van der Waals surface area contributed by atoms with Gasteiger partial charge in [0.05, 0.1) is 6.04 Å². The molecule has 20 heavy (non-hydrogen) atoms. The van der Waals surface area contributed by atoms with E-state index in [1.807, 2.05) is 45.0 Å². The number of amides is 1. The van der Waals surface area contributed by atoms with Crippen LogP contribution in [0, 0.1) is 6.92 Å². The summed E-state index contributed by atoms with van der Waals surface area (Å²) in [5.74, 6) is -0.344. The molecule has 0 spiro atoms. The summed E-state index contributed by atoms with van der Waals surface area (Å²) >= 11 is 0. The van der Waals surface area contributed by atoms with Crippen molar-refractivity contribution in [2.24, 2.45) is 5.73 Å². The maximum absolute atomic E-state index is 11.4. The van der Waals surface area contributed by atoms with Crippen LogP contribution in [0.2, 0.25) is 0 Å². The van der Waals surface area contributed by atoms with Gasteiger partial charge < -0.3 is 11.1 Å². The van der Waals surface area contributed by atoms with Crippen LogP contribution in [0.4, 0.5) is 0 Å². The molecule has 1 atom stereocenters. The third-order valence-corrected chi connectivity index (χ3v) is 2.97. The number of hydrogen-bond acceptors (Lipinski definition) is 3. The standard InChI is InChI=1S/C14H20N2O2.C2H6/c1-10-5-3-4-6-12(10)9-16-13(11(2)17)7-8-14(15)18;1-2/h3-6,13,16H,7-9H2,1-2H3,(H2,15,18);1-2H3/t13-;/m0./s1. The van der Waals surface area contributed by atoms with E-state index in [2.05, 4.69) is 5.32 Å². The first kappa shape index (κ1) is 18.3. The predicted molar refractivity (Wildman–Crippen MR) is 82.3 cm³/mol. The van der Waals surface area contributed by atoms with E-state index in [1.165, 1.54) is 12.5 Å². The third kappa shape index (κ3) is 7.04. The molecule has 0 aliphatic carbocycles. The first-order chi connectivity index (χ1) is 9.50. The van der Waals surface area contributed by atoms with Gasteiger partial charge in [0.15, 0.2) is 0 Å². The topological polar surface area (TPSA) is 72.2 Å². The number of Topliss-reactive ketones (excluding diaryl/α,β-unsaturated/α-hetero) is 1. The van der Waals surface area contributed by atoms with Gasteiger partial charge in [0.1, 0.15) is 5.78 Å². The van der Waals surface area contributed by atoms with E-state index >= 15 is 0 Å². The molecule has 0 aliphatic rings. The van der Waals surface area contributed by atoms with E-state index in [0.717, 1.165) is 5.56 Å². The van der Waals surface area contributed by atoms with Crippen LogP contribution in [0.1, 0.15) is 44.7 Å². The Morgan fingerprint density at radius 3 is 2.35 bits per heavy atom. The SMILES string of the molecule is CC.CC(=O)[C@H](CCC(N)=O)NCc1ccccc1C. The highest BCUT2D eigenvalue weighted by molar-refractivity contribution is 5.82. The van der Waals surface area contributed by atoms with Gasteiger partial charge in [-0.3, -0.25) is 9.59 Å². The van der Waals surface area contributed by atoms with Gasteiger partial charge in [-0.1, -0.05) is 38.1 Å². The first-order valence-corrected chi connectivity index (χ1v) is 7.07. The highest BCUT2D eigenvalue weighted by Crippen LogP contribution is 2.08. The van der Waals surface area contributed by atoms with Gasteiger partial charge in [-0.05, 0) is 31.4 Å². The summed E-state index contributed by atoms with van der Waals surface area (Å²) in [6, 6.07) is 7.69. The molecule has 0 heterocycles. The lowest BCUT2D eigenvalue weighted by molar-refractivity contribution is -0.120. The zero-order valence-corrected chi connectivity index (χ0v) is 12.9. The quantitative estimate of drug-likeness (QED) is 0.804. The molecule has 1 amide bonds. The second-order valence-electron chi connectivity index (χ2n) is 4.48. The van der Waals surface area contributed by atoms with Crippen molar-refractivity contribution in [3.05, 3.63) is 35.4 Å². The lowest BCUT2D eigenvalue weighted by atomic mass is 10.1. The van der Waals surface area contributed by atoms with Crippen LogP contribution in [0.3, 0.4) is 0 Å². The molecule has 0 aromatic heterocycles. The van der Waals surface area contributed by atoms with Gasteiger partial charge in [-0.25, -0.2) is 0 Å². The Morgan fingerprint density at radius 2 is 1.85 bits per heavy atom. The molecule has 0 saturated carbocycles. The summed E-state index contributed by atoms with van der Waals surface area (Å²) in [4.78, 5) is 22.2. The van der Waals surface area contributed by atoms with Crippen LogP contribution in [-0.2, 0) is 16.1 Å². The number of hydrogen-bond donors (Lipinski definition) is 2. The molecule has 1 aromatic rings.